The van der Waals surface area contributed by atoms with Crippen LogP contribution >= 0.6 is 0 Å². The highest BCUT2D eigenvalue weighted by Gasteiger charge is 2.38. The number of nitrogens with two attached hydrogens (primary N) is 2. The van der Waals surface area contributed by atoms with Crippen molar-refractivity contribution in [3.8, 4) is 23.1 Å². The average Bonchev–Trinajstić information content (AvgIpc) is 2.68. The second-order valence-corrected chi connectivity index (χ2v) is 7.17. The van der Waals surface area contributed by atoms with E-state index in [4.69, 9.17) is 20.9 Å². The highest BCUT2D eigenvalue weighted by molar-refractivity contribution is 5.95. The van der Waals surface area contributed by atoms with Gasteiger partial charge in [0.05, 0.1) is 24.5 Å². The molecule has 3 heterocycles. The minimum absolute atomic E-state index is 0.0673. The minimum Gasteiger partial charge on any atom is -0.474 e. The lowest BCUT2D eigenvalue weighted by atomic mass is 10.0. The summed E-state index contributed by atoms with van der Waals surface area (Å²) in [5, 5.41) is -0.0673. The number of nitrogens with zero attached hydrogens (tertiary/aromatic N) is 4. The largest absolute Gasteiger partial charge is 0.474 e. The summed E-state index contributed by atoms with van der Waals surface area (Å²) >= 11 is 0. The SMILES string of the molecule is CCCC(C)Oc1nc(-c2cc(N)nc(C)c2C(F)(F)F)c(F)c2nc(OC)nc(N)c12. The van der Waals surface area contributed by atoms with E-state index in [-0.39, 0.29) is 40.5 Å². The first kappa shape index (κ1) is 23.2. The van der Waals surface area contributed by atoms with Crippen molar-refractivity contribution in [3.05, 3.63) is 23.1 Å². The maximum absolute atomic E-state index is 15.6. The Morgan fingerprint density at radius 2 is 1.81 bits per heavy atom. The van der Waals surface area contributed by atoms with E-state index in [1.54, 1.807) is 6.92 Å². The molecule has 0 amide bonds. The summed E-state index contributed by atoms with van der Waals surface area (Å²) in [6.07, 6.45) is -3.85. The van der Waals surface area contributed by atoms with E-state index in [1.807, 2.05) is 6.92 Å². The third-order valence-corrected chi connectivity index (χ3v) is 4.71. The number of hydrogen-bond donors (Lipinski definition) is 2. The van der Waals surface area contributed by atoms with E-state index in [1.165, 1.54) is 7.11 Å². The number of methoxy groups -OCH3 is 1. The Morgan fingerprint density at radius 3 is 2.41 bits per heavy atom. The zero-order valence-corrected chi connectivity index (χ0v) is 17.8. The van der Waals surface area contributed by atoms with Crippen molar-refractivity contribution in [2.24, 2.45) is 0 Å². The summed E-state index contributed by atoms with van der Waals surface area (Å²) in [5.41, 5.74) is 8.41. The molecule has 0 bridgehead atoms. The van der Waals surface area contributed by atoms with Crippen LogP contribution in [0.3, 0.4) is 0 Å². The molecular weight excluding hydrogens is 432 g/mol. The van der Waals surface area contributed by atoms with Crippen LogP contribution in [0.25, 0.3) is 22.2 Å². The summed E-state index contributed by atoms with van der Waals surface area (Å²) in [6.45, 7) is 4.81. The molecule has 32 heavy (non-hydrogen) atoms. The number of nitrogen functional groups attached to an aromatic ring is 2. The number of fused-ring (bicyclic) bond motifs is 1. The van der Waals surface area contributed by atoms with Crippen molar-refractivity contribution in [1.82, 2.24) is 19.9 Å². The Hall–Kier alpha value is -3.44. The third-order valence-electron chi connectivity index (χ3n) is 4.71. The molecule has 3 rings (SSSR count). The highest BCUT2D eigenvalue weighted by Crippen LogP contribution is 2.42. The van der Waals surface area contributed by atoms with E-state index in [9.17, 15) is 13.2 Å². The summed E-state index contributed by atoms with van der Waals surface area (Å²) in [4.78, 5) is 15.6. The van der Waals surface area contributed by atoms with Gasteiger partial charge in [-0.25, -0.2) is 14.4 Å². The molecular formula is C20H22F4N6O2. The van der Waals surface area contributed by atoms with Crippen LogP contribution in [0.1, 0.15) is 37.9 Å². The molecule has 0 spiro atoms. The second kappa shape index (κ2) is 8.60. The van der Waals surface area contributed by atoms with Gasteiger partial charge in [0.25, 0.3) is 0 Å². The lowest BCUT2D eigenvalue weighted by molar-refractivity contribution is -0.137. The van der Waals surface area contributed by atoms with Gasteiger partial charge < -0.3 is 20.9 Å². The summed E-state index contributed by atoms with van der Waals surface area (Å²) in [5.74, 6) is -1.77. The average molecular weight is 454 g/mol. The molecule has 0 aliphatic rings. The van der Waals surface area contributed by atoms with Crippen LogP contribution in [0.15, 0.2) is 6.07 Å². The van der Waals surface area contributed by atoms with Crippen molar-refractivity contribution in [3.63, 3.8) is 0 Å². The standard InChI is InChI=1S/C20H22F4N6O2/c1-5-6-8(2)32-18-12-16(29-19(31-4)30-17(12)26)14(21)15(28-18)10-7-11(25)27-9(3)13(10)20(22,23)24/h7-8H,5-6H2,1-4H3,(H2,25,27)(H2,26,29,30). The number of hydrogen-bond acceptors (Lipinski definition) is 8. The second-order valence-electron chi connectivity index (χ2n) is 7.17. The predicted molar refractivity (Wildman–Crippen MR) is 111 cm³/mol. The molecule has 172 valence electrons. The molecule has 12 heteroatoms. The lowest BCUT2D eigenvalue weighted by Gasteiger charge is -2.19. The predicted octanol–water partition coefficient (Wildman–Crippen LogP) is 4.29. The highest BCUT2D eigenvalue weighted by atomic mass is 19.4. The summed E-state index contributed by atoms with van der Waals surface area (Å²) in [7, 11) is 1.25. The number of aromatic nitrogens is 4. The van der Waals surface area contributed by atoms with Crippen LogP contribution in [-0.2, 0) is 6.18 Å². The van der Waals surface area contributed by atoms with E-state index in [0.29, 0.717) is 6.42 Å². The van der Waals surface area contributed by atoms with E-state index < -0.39 is 34.5 Å². The number of pyridine rings is 2. The lowest BCUT2D eigenvalue weighted by Crippen LogP contribution is -2.16. The third kappa shape index (κ3) is 4.30. The molecule has 4 N–H and O–H groups in total. The number of alkyl halides is 3. The molecule has 0 aliphatic heterocycles. The Morgan fingerprint density at radius 1 is 1.12 bits per heavy atom. The molecule has 0 saturated heterocycles. The molecule has 0 aromatic carbocycles. The number of rotatable bonds is 6. The molecule has 1 unspecified atom stereocenters. The first-order valence-electron chi connectivity index (χ1n) is 9.69. The van der Waals surface area contributed by atoms with Gasteiger partial charge in [0, 0.05) is 5.56 Å². The topological polar surface area (TPSA) is 122 Å². The summed E-state index contributed by atoms with van der Waals surface area (Å²) < 4.78 is 67.9. The number of halogens is 4. The normalized spacial score (nSPS) is 12.8. The minimum atomic E-state index is -4.85. The van der Waals surface area contributed by atoms with Crippen molar-refractivity contribution in [2.75, 3.05) is 18.6 Å². The van der Waals surface area contributed by atoms with E-state index >= 15 is 4.39 Å². The Balaban J connectivity index is 2.42. The van der Waals surface area contributed by atoms with Crippen molar-refractivity contribution in [1.29, 1.82) is 0 Å². The van der Waals surface area contributed by atoms with Crippen LogP contribution in [-0.4, -0.2) is 33.1 Å². The molecule has 1 atom stereocenters. The van der Waals surface area contributed by atoms with Gasteiger partial charge in [-0.15, -0.1) is 0 Å². The molecule has 8 nitrogen and oxygen atoms in total. The summed E-state index contributed by atoms with van der Waals surface area (Å²) in [6, 6.07) is 0.647. The van der Waals surface area contributed by atoms with E-state index in [2.05, 4.69) is 19.9 Å². The fourth-order valence-electron chi connectivity index (χ4n) is 3.40. The van der Waals surface area contributed by atoms with Gasteiger partial charge in [-0.3, -0.25) is 0 Å². The molecule has 0 radical (unpaired) electrons. The molecule has 3 aromatic heterocycles. The maximum atomic E-state index is 15.6. The van der Waals surface area contributed by atoms with Crippen LogP contribution in [0.2, 0.25) is 0 Å². The fourth-order valence-corrected chi connectivity index (χ4v) is 3.40. The first-order chi connectivity index (χ1) is 15.0. The number of anilines is 2. The van der Waals surface area contributed by atoms with Gasteiger partial charge in [0.2, 0.25) is 5.88 Å². The fraction of sp³-hybridized carbons (Fsp3) is 0.400. The number of ether oxygens (including phenoxy) is 2. The maximum Gasteiger partial charge on any atom is 0.418 e. The van der Waals surface area contributed by atoms with Gasteiger partial charge in [-0.2, -0.15) is 23.1 Å². The monoisotopic (exact) mass is 454 g/mol. The van der Waals surface area contributed by atoms with Crippen LogP contribution < -0.4 is 20.9 Å². The number of aryl methyl sites for hydroxylation is 1. The molecule has 0 saturated carbocycles. The van der Waals surface area contributed by atoms with Crippen LogP contribution in [0.5, 0.6) is 11.9 Å². The van der Waals surface area contributed by atoms with Gasteiger partial charge >= 0.3 is 12.2 Å². The van der Waals surface area contributed by atoms with Gasteiger partial charge in [0.15, 0.2) is 5.82 Å². The first-order valence-corrected chi connectivity index (χ1v) is 9.69. The molecule has 0 aliphatic carbocycles. The van der Waals surface area contributed by atoms with Gasteiger partial charge in [0.1, 0.15) is 28.2 Å². The van der Waals surface area contributed by atoms with Gasteiger partial charge in [-0.05, 0) is 26.3 Å². The Bertz CT molecular complexity index is 1170. The Labute approximate surface area is 181 Å². The molecule has 3 aromatic rings. The van der Waals surface area contributed by atoms with Gasteiger partial charge in [-0.1, -0.05) is 13.3 Å². The zero-order chi connectivity index (χ0) is 23.8. The van der Waals surface area contributed by atoms with E-state index in [0.717, 1.165) is 19.4 Å². The van der Waals surface area contributed by atoms with Crippen molar-refractivity contribution < 1.29 is 27.0 Å². The molecule has 0 fully saturated rings. The van der Waals surface area contributed by atoms with Crippen LogP contribution in [0, 0.1) is 12.7 Å². The Kier molecular flexibility index (Phi) is 6.24. The van der Waals surface area contributed by atoms with Crippen LogP contribution in [0.4, 0.5) is 29.2 Å². The smallest absolute Gasteiger partial charge is 0.418 e. The quantitative estimate of drug-likeness (QED) is 0.529. The zero-order valence-electron chi connectivity index (χ0n) is 17.8. The van der Waals surface area contributed by atoms with Crippen molar-refractivity contribution in [2.45, 2.75) is 45.9 Å². The van der Waals surface area contributed by atoms with Crippen molar-refractivity contribution >= 4 is 22.5 Å².